The van der Waals surface area contributed by atoms with Crippen molar-refractivity contribution in [2.24, 2.45) is 0 Å². The smallest absolute Gasteiger partial charge is 0.255 e. The highest BCUT2D eigenvalue weighted by Crippen LogP contribution is 2.26. The second-order valence-electron chi connectivity index (χ2n) is 7.73. The second kappa shape index (κ2) is 9.43. The summed E-state index contributed by atoms with van der Waals surface area (Å²) in [6, 6.07) is 16.1. The highest BCUT2D eigenvalue weighted by Gasteiger charge is 2.18. The summed E-state index contributed by atoms with van der Waals surface area (Å²) in [7, 11) is 0. The lowest BCUT2D eigenvalue weighted by Gasteiger charge is -2.07. The van der Waals surface area contributed by atoms with Gasteiger partial charge in [-0.25, -0.2) is 9.67 Å². The van der Waals surface area contributed by atoms with Crippen LogP contribution in [0.2, 0.25) is 0 Å². The third kappa shape index (κ3) is 4.91. The van der Waals surface area contributed by atoms with Crippen molar-refractivity contribution in [3.63, 3.8) is 0 Å². The molecule has 0 spiro atoms. The highest BCUT2D eigenvalue weighted by atomic mass is 16.1. The van der Waals surface area contributed by atoms with Crippen molar-refractivity contribution in [1.82, 2.24) is 24.6 Å². The first-order valence-electron chi connectivity index (χ1n) is 10.6. The normalized spacial score (nSPS) is 10.9. The van der Waals surface area contributed by atoms with Gasteiger partial charge in [-0.2, -0.15) is 5.10 Å². The van der Waals surface area contributed by atoms with Crippen LogP contribution in [0, 0.1) is 13.8 Å². The fourth-order valence-electron chi connectivity index (χ4n) is 3.49. The molecule has 0 aliphatic rings. The minimum absolute atomic E-state index is 0.0990. The van der Waals surface area contributed by atoms with Gasteiger partial charge in [0.25, 0.3) is 5.91 Å². The zero-order chi connectivity index (χ0) is 21.6. The van der Waals surface area contributed by atoms with Crippen molar-refractivity contribution in [2.75, 3.05) is 6.54 Å². The van der Waals surface area contributed by atoms with E-state index >= 15 is 0 Å². The Balaban J connectivity index is 1.52. The molecule has 1 amide bonds. The number of benzene rings is 2. The summed E-state index contributed by atoms with van der Waals surface area (Å²) in [5, 5.41) is 7.83. The number of nitrogens with zero attached hydrogens (tertiary/aromatic N) is 4. The summed E-state index contributed by atoms with van der Waals surface area (Å²) in [5.74, 6) is -0.0990. The van der Waals surface area contributed by atoms with Gasteiger partial charge in [0.1, 0.15) is 5.69 Å². The Morgan fingerprint density at radius 2 is 1.87 bits per heavy atom. The van der Waals surface area contributed by atoms with Gasteiger partial charge in [-0.3, -0.25) is 4.79 Å². The van der Waals surface area contributed by atoms with Gasteiger partial charge in [-0.15, -0.1) is 0 Å². The summed E-state index contributed by atoms with van der Waals surface area (Å²) in [4.78, 5) is 17.1. The molecule has 6 heteroatoms. The van der Waals surface area contributed by atoms with Gasteiger partial charge in [-0.05, 0) is 56.0 Å². The van der Waals surface area contributed by atoms with Crippen LogP contribution in [0.15, 0.2) is 73.4 Å². The molecule has 0 aliphatic heterocycles. The molecule has 0 bridgehead atoms. The van der Waals surface area contributed by atoms with Gasteiger partial charge in [0.05, 0.1) is 17.6 Å². The van der Waals surface area contributed by atoms with E-state index < -0.39 is 0 Å². The first-order valence-corrected chi connectivity index (χ1v) is 10.6. The van der Waals surface area contributed by atoms with Crippen molar-refractivity contribution in [3.05, 3.63) is 90.1 Å². The van der Waals surface area contributed by atoms with Crippen LogP contribution in [0.5, 0.6) is 0 Å². The van der Waals surface area contributed by atoms with E-state index in [1.54, 1.807) is 10.9 Å². The molecule has 0 atom stereocenters. The molecule has 4 rings (SSSR count). The molecule has 6 nitrogen and oxygen atoms in total. The molecule has 0 saturated carbocycles. The minimum atomic E-state index is -0.0990. The van der Waals surface area contributed by atoms with E-state index in [1.165, 1.54) is 11.1 Å². The van der Waals surface area contributed by atoms with Crippen molar-refractivity contribution < 1.29 is 4.79 Å². The van der Waals surface area contributed by atoms with Gasteiger partial charge >= 0.3 is 0 Å². The van der Waals surface area contributed by atoms with Gasteiger partial charge in [0.2, 0.25) is 0 Å². The zero-order valence-electron chi connectivity index (χ0n) is 18.0. The Bertz CT molecular complexity index is 1150. The Kier molecular flexibility index (Phi) is 6.26. The number of rotatable bonds is 8. The monoisotopic (exact) mass is 413 g/mol. The topological polar surface area (TPSA) is 64.7 Å². The van der Waals surface area contributed by atoms with Crippen molar-refractivity contribution in [3.8, 4) is 16.9 Å². The number of hydrogen-bond donors (Lipinski definition) is 1. The fraction of sp³-hybridized carbons (Fsp3) is 0.240. The number of carbonyl (C=O) groups is 1. The standard InChI is InChI=1S/C25H27N5O/c1-19-10-11-21(16-20(19)2)24-23(17-30(28-24)22-8-4-3-5-9-22)25(31)27-12-6-7-14-29-15-13-26-18-29/h3-5,8-11,13,15-18H,6-7,12,14H2,1-2H3,(H,27,31). The SMILES string of the molecule is Cc1ccc(-c2nn(-c3ccccc3)cc2C(=O)NCCCCn2ccnc2)cc1C. The quantitative estimate of drug-likeness (QED) is 0.431. The van der Waals surface area contributed by atoms with Gasteiger partial charge in [0.15, 0.2) is 0 Å². The molecule has 0 saturated heterocycles. The highest BCUT2D eigenvalue weighted by molar-refractivity contribution is 6.00. The predicted octanol–water partition coefficient (Wildman–Crippen LogP) is 4.56. The summed E-state index contributed by atoms with van der Waals surface area (Å²) < 4.78 is 3.82. The first-order chi connectivity index (χ1) is 15.1. The molecule has 0 aliphatic carbocycles. The molecule has 4 aromatic rings. The van der Waals surface area contributed by atoms with Crippen LogP contribution in [0.4, 0.5) is 0 Å². The molecule has 31 heavy (non-hydrogen) atoms. The van der Waals surface area contributed by atoms with E-state index in [0.717, 1.165) is 30.6 Å². The average molecular weight is 414 g/mol. The zero-order valence-corrected chi connectivity index (χ0v) is 18.0. The van der Waals surface area contributed by atoms with E-state index in [4.69, 9.17) is 5.10 Å². The first kappa shape index (κ1) is 20.6. The maximum absolute atomic E-state index is 13.0. The number of hydrogen-bond acceptors (Lipinski definition) is 3. The molecular weight excluding hydrogens is 386 g/mol. The summed E-state index contributed by atoms with van der Waals surface area (Å²) >= 11 is 0. The molecule has 158 valence electrons. The van der Waals surface area contributed by atoms with E-state index in [1.807, 2.05) is 59.7 Å². The third-order valence-corrected chi connectivity index (χ3v) is 5.45. The van der Waals surface area contributed by atoms with Gasteiger partial charge < -0.3 is 9.88 Å². The Hall–Kier alpha value is -3.67. The minimum Gasteiger partial charge on any atom is -0.352 e. The maximum atomic E-state index is 13.0. The number of carbonyl (C=O) groups excluding carboxylic acids is 1. The number of nitrogens with one attached hydrogen (secondary N) is 1. The van der Waals surface area contributed by atoms with E-state index in [-0.39, 0.29) is 5.91 Å². The number of amides is 1. The van der Waals surface area contributed by atoms with Crippen LogP contribution in [-0.4, -0.2) is 31.8 Å². The average Bonchev–Trinajstić information content (AvgIpc) is 3.46. The number of imidazole rings is 1. The van der Waals surface area contributed by atoms with Crippen LogP contribution >= 0.6 is 0 Å². The maximum Gasteiger partial charge on any atom is 0.255 e. The number of para-hydroxylation sites is 1. The van der Waals surface area contributed by atoms with Crippen molar-refractivity contribution >= 4 is 5.91 Å². The van der Waals surface area contributed by atoms with Crippen LogP contribution in [0.1, 0.15) is 34.3 Å². The van der Waals surface area contributed by atoms with Crippen LogP contribution in [-0.2, 0) is 6.54 Å². The van der Waals surface area contributed by atoms with Gasteiger partial charge in [-0.1, -0.05) is 30.3 Å². The third-order valence-electron chi connectivity index (χ3n) is 5.45. The molecule has 2 heterocycles. The molecule has 1 N–H and O–H groups in total. The molecule has 0 radical (unpaired) electrons. The number of unbranched alkanes of at least 4 members (excludes halogenated alkanes) is 1. The van der Waals surface area contributed by atoms with Crippen molar-refractivity contribution in [1.29, 1.82) is 0 Å². The van der Waals surface area contributed by atoms with E-state index in [9.17, 15) is 4.79 Å². The fourth-order valence-corrected chi connectivity index (χ4v) is 3.49. The van der Waals surface area contributed by atoms with Gasteiger partial charge in [0, 0.05) is 37.2 Å². The summed E-state index contributed by atoms with van der Waals surface area (Å²) in [6.45, 7) is 5.68. The van der Waals surface area contributed by atoms with Crippen molar-refractivity contribution in [2.45, 2.75) is 33.2 Å². The summed E-state index contributed by atoms with van der Waals surface area (Å²) in [5.41, 5.74) is 5.55. The molecule has 2 aromatic heterocycles. The Morgan fingerprint density at radius 3 is 2.61 bits per heavy atom. The lowest BCUT2D eigenvalue weighted by Crippen LogP contribution is -2.24. The van der Waals surface area contributed by atoms with Crippen LogP contribution in [0.3, 0.4) is 0 Å². The largest absolute Gasteiger partial charge is 0.352 e. The van der Waals surface area contributed by atoms with Crippen LogP contribution in [0.25, 0.3) is 16.9 Å². The predicted molar refractivity (Wildman–Crippen MR) is 122 cm³/mol. The second-order valence-corrected chi connectivity index (χ2v) is 7.73. The van der Waals surface area contributed by atoms with Crippen LogP contribution < -0.4 is 5.32 Å². The Morgan fingerprint density at radius 1 is 1.03 bits per heavy atom. The lowest BCUT2D eigenvalue weighted by molar-refractivity contribution is 0.0953. The number of aromatic nitrogens is 4. The summed E-state index contributed by atoms with van der Waals surface area (Å²) in [6.07, 6.45) is 9.24. The van der Waals surface area contributed by atoms with E-state index in [2.05, 4.69) is 36.3 Å². The number of aryl methyl sites for hydroxylation is 3. The molecule has 0 fully saturated rings. The molecule has 0 unspecified atom stereocenters. The lowest BCUT2D eigenvalue weighted by atomic mass is 10.0. The molecular formula is C25H27N5O. The Labute approximate surface area is 182 Å². The van der Waals surface area contributed by atoms with E-state index in [0.29, 0.717) is 17.8 Å². The molecule has 2 aromatic carbocycles.